The van der Waals surface area contributed by atoms with E-state index in [1.807, 2.05) is 0 Å². The van der Waals surface area contributed by atoms with Crippen molar-refractivity contribution in [2.45, 2.75) is 0 Å². The van der Waals surface area contributed by atoms with Crippen molar-refractivity contribution in [1.29, 1.82) is 0 Å². The third-order valence-electron chi connectivity index (χ3n) is 1.54. The number of nitro groups is 1. The zero-order valence-electron chi connectivity index (χ0n) is 8.04. The molecule has 0 aliphatic rings. The van der Waals surface area contributed by atoms with Gasteiger partial charge in [-0.1, -0.05) is 0 Å². The molecule has 0 aromatic heterocycles. The van der Waals surface area contributed by atoms with E-state index >= 15 is 0 Å². The van der Waals surface area contributed by atoms with Crippen molar-refractivity contribution >= 4 is 12.0 Å². The van der Waals surface area contributed by atoms with Crippen molar-refractivity contribution in [3.05, 3.63) is 33.9 Å². The fraction of sp³-hybridized carbons (Fsp3) is 0.125. The third kappa shape index (κ3) is 3.33. The lowest BCUT2D eigenvalue weighted by Gasteiger charge is -2.00. The van der Waals surface area contributed by atoms with Gasteiger partial charge in [0.2, 0.25) is 0 Å². The monoisotopic (exact) mass is 213 g/mol. The summed E-state index contributed by atoms with van der Waals surface area (Å²) in [5.41, 5.74) is 0.204. The molecule has 0 saturated carbocycles. The van der Waals surface area contributed by atoms with Gasteiger partial charge in [-0.2, -0.15) is 0 Å². The fourth-order valence-electron chi connectivity index (χ4n) is 0.918. The Kier molecular flexibility index (Phi) is 5.60. The van der Waals surface area contributed by atoms with E-state index in [4.69, 9.17) is 4.74 Å². The maximum atomic E-state index is 10.4. The highest BCUT2D eigenvalue weighted by Gasteiger charge is 2.13. The Morgan fingerprint density at radius 3 is 2.47 bits per heavy atom. The van der Waals surface area contributed by atoms with E-state index in [9.17, 15) is 14.9 Å². The van der Waals surface area contributed by atoms with Gasteiger partial charge in [-0.3, -0.25) is 26.6 Å². The molecule has 82 valence electrons. The highest BCUT2D eigenvalue weighted by Crippen LogP contribution is 2.26. The molecule has 1 aromatic carbocycles. The number of aldehydes is 1. The molecule has 7 nitrogen and oxygen atoms in total. The first-order chi connectivity index (χ1) is 7.19. The quantitative estimate of drug-likeness (QED) is 0.321. The molecule has 0 saturated heterocycles. The Morgan fingerprint density at radius 1 is 1.47 bits per heavy atom. The van der Waals surface area contributed by atoms with Crippen LogP contribution in [0.25, 0.3) is 0 Å². The van der Waals surface area contributed by atoms with E-state index in [0.29, 0.717) is 11.8 Å². The number of carbonyl (C=O) groups excluding carboxylic acids is 1. The van der Waals surface area contributed by atoms with Crippen LogP contribution in [0, 0.1) is 10.1 Å². The van der Waals surface area contributed by atoms with Gasteiger partial charge in [-0.05, 0) is 12.1 Å². The minimum absolute atomic E-state index is 0.0922. The third-order valence-corrected chi connectivity index (χ3v) is 1.54. The molecule has 0 unspecified atom stereocenters. The van der Waals surface area contributed by atoms with Crippen molar-refractivity contribution in [2.24, 2.45) is 11.7 Å². The summed E-state index contributed by atoms with van der Waals surface area (Å²) in [6.45, 7) is 0. The van der Waals surface area contributed by atoms with E-state index < -0.39 is 4.92 Å². The number of carbonyl (C=O) groups is 1. The van der Waals surface area contributed by atoms with E-state index in [2.05, 4.69) is 11.7 Å². The van der Waals surface area contributed by atoms with Crippen LogP contribution in [0.4, 0.5) is 5.69 Å². The Bertz CT molecular complexity index is 354. The zero-order chi connectivity index (χ0) is 11.8. The number of nitrogens with zero attached hydrogens (tertiary/aromatic N) is 1. The summed E-state index contributed by atoms with van der Waals surface area (Å²) in [6.07, 6.45) is 0.603. The first-order valence-electron chi connectivity index (χ1n) is 3.80. The number of hydrogen-bond acceptors (Lipinski definition) is 6. The summed E-state index contributed by atoms with van der Waals surface area (Å²) in [6, 6.07) is 3.93. The Hall–Kier alpha value is -1.99. The van der Waals surface area contributed by atoms with Crippen LogP contribution in [-0.4, -0.2) is 18.3 Å². The highest BCUT2D eigenvalue weighted by atomic mass is 16.6. The van der Waals surface area contributed by atoms with Crippen LogP contribution in [-0.2, 0) is 0 Å². The minimum atomic E-state index is -0.562. The van der Waals surface area contributed by atoms with Crippen LogP contribution in [0.1, 0.15) is 10.4 Å². The Morgan fingerprint density at radius 2 is 2.07 bits per heavy atom. The number of rotatable bonds is 3. The summed E-state index contributed by atoms with van der Waals surface area (Å²) < 4.78 is 4.75. The molecule has 0 fully saturated rings. The summed E-state index contributed by atoms with van der Waals surface area (Å²) in [7, 11) is 1.32. The standard InChI is InChI=1S/C8H7NO4.H4N2/c1-13-8-4-6(5-10)2-3-7(8)9(11)12;1-2/h2-5H,1H3;1-2H2. The molecule has 4 N–H and O–H groups in total. The van der Waals surface area contributed by atoms with Gasteiger partial charge in [-0.25, -0.2) is 0 Å². The topological polar surface area (TPSA) is 121 Å². The van der Waals surface area contributed by atoms with Gasteiger partial charge in [0.1, 0.15) is 6.29 Å². The number of nitro benzene ring substituents is 1. The first kappa shape index (κ1) is 13.0. The second-order valence-electron chi connectivity index (χ2n) is 2.31. The smallest absolute Gasteiger partial charge is 0.310 e. The van der Waals surface area contributed by atoms with E-state index in [0.717, 1.165) is 0 Å². The predicted octanol–water partition coefficient (Wildman–Crippen LogP) is 0.235. The van der Waals surface area contributed by atoms with Crippen molar-refractivity contribution in [2.75, 3.05) is 7.11 Å². The van der Waals surface area contributed by atoms with Gasteiger partial charge in [0.05, 0.1) is 12.0 Å². The van der Waals surface area contributed by atoms with E-state index in [1.165, 1.54) is 25.3 Å². The molecule has 0 atom stereocenters. The molecule has 7 heteroatoms. The van der Waals surface area contributed by atoms with Gasteiger partial charge in [0, 0.05) is 11.6 Å². The van der Waals surface area contributed by atoms with Crippen molar-refractivity contribution in [3.63, 3.8) is 0 Å². The maximum Gasteiger partial charge on any atom is 0.310 e. The summed E-state index contributed by atoms with van der Waals surface area (Å²) in [4.78, 5) is 20.2. The van der Waals surface area contributed by atoms with Crippen LogP contribution in [0.15, 0.2) is 18.2 Å². The average Bonchev–Trinajstić information content (AvgIpc) is 2.30. The van der Waals surface area contributed by atoms with E-state index in [-0.39, 0.29) is 11.4 Å². The molecule has 1 aromatic rings. The molecular formula is C8H11N3O4. The second kappa shape index (κ2) is 6.46. The second-order valence-corrected chi connectivity index (χ2v) is 2.31. The van der Waals surface area contributed by atoms with Crippen LogP contribution < -0.4 is 16.4 Å². The number of hydrogen-bond donors (Lipinski definition) is 2. The molecular weight excluding hydrogens is 202 g/mol. The van der Waals surface area contributed by atoms with Gasteiger partial charge >= 0.3 is 5.69 Å². The fourth-order valence-corrected chi connectivity index (χ4v) is 0.918. The summed E-state index contributed by atoms with van der Waals surface area (Å²) in [5.74, 6) is 8.09. The van der Waals surface area contributed by atoms with Crippen LogP contribution in [0.5, 0.6) is 5.75 Å². The number of hydrazine groups is 1. The molecule has 0 aliphatic carbocycles. The van der Waals surface area contributed by atoms with Crippen molar-refractivity contribution in [1.82, 2.24) is 0 Å². The van der Waals surface area contributed by atoms with Crippen LogP contribution in [0.2, 0.25) is 0 Å². The summed E-state index contributed by atoms with van der Waals surface area (Å²) >= 11 is 0. The number of ether oxygens (including phenoxy) is 1. The molecule has 0 amide bonds. The molecule has 0 aliphatic heterocycles. The lowest BCUT2D eigenvalue weighted by molar-refractivity contribution is -0.385. The molecule has 1 rings (SSSR count). The van der Waals surface area contributed by atoms with Crippen molar-refractivity contribution in [3.8, 4) is 5.75 Å². The van der Waals surface area contributed by atoms with E-state index in [1.54, 1.807) is 0 Å². The zero-order valence-corrected chi connectivity index (χ0v) is 8.04. The number of nitrogens with two attached hydrogens (primary N) is 2. The van der Waals surface area contributed by atoms with Crippen LogP contribution in [0.3, 0.4) is 0 Å². The predicted molar refractivity (Wildman–Crippen MR) is 53.4 cm³/mol. The van der Waals surface area contributed by atoms with Gasteiger partial charge in [-0.15, -0.1) is 0 Å². The molecule has 0 radical (unpaired) electrons. The average molecular weight is 213 g/mol. The molecule has 0 bridgehead atoms. The molecule has 15 heavy (non-hydrogen) atoms. The molecule has 0 heterocycles. The Balaban J connectivity index is 0.000000921. The van der Waals surface area contributed by atoms with Gasteiger partial charge in [0.15, 0.2) is 5.75 Å². The number of methoxy groups -OCH3 is 1. The largest absolute Gasteiger partial charge is 0.490 e. The maximum absolute atomic E-state index is 10.4. The van der Waals surface area contributed by atoms with Gasteiger partial charge in [0.25, 0.3) is 0 Å². The Labute approximate surface area is 85.7 Å². The highest BCUT2D eigenvalue weighted by molar-refractivity contribution is 5.76. The normalized spacial score (nSPS) is 8.47. The minimum Gasteiger partial charge on any atom is -0.490 e. The number of benzene rings is 1. The summed E-state index contributed by atoms with van der Waals surface area (Å²) in [5, 5.41) is 10.4. The first-order valence-corrected chi connectivity index (χ1v) is 3.80. The van der Waals surface area contributed by atoms with Crippen molar-refractivity contribution < 1.29 is 14.5 Å². The molecule has 0 spiro atoms. The SMILES string of the molecule is COc1cc(C=O)ccc1[N+](=O)[O-].NN. The lowest BCUT2D eigenvalue weighted by atomic mass is 10.2. The van der Waals surface area contributed by atoms with Gasteiger partial charge < -0.3 is 4.74 Å². The van der Waals surface area contributed by atoms with Crippen LogP contribution >= 0.6 is 0 Å². The lowest BCUT2D eigenvalue weighted by Crippen LogP contribution is -2.02.